The Labute approximate surface area is 94.3 Å². The summed E-state index contributed by atoms with van der Waals surface area (Å²) in [7, 11) is 0. The predicted molar refractivity (Wildman–Crippen MR) is 63.7 cm³/mol. The minimum absolute atomic E-state index is 0.0217. The normalized spacial score (nSPS) is 41.2. The Morgan fingerprint density at radius 2 is 2.00 bits per heavy atom. The van der Waals surface area contributed by atoms with Crippen molar-refractivity contribution in [2.75, 3.05) is 0 Å². The zero-order chi connectivity index (χ0) is 10.7. The fraction of sp³-hybridized carbons (Fsp3) is 1.00. The lowest BCUT2D eigenvalue weighted by molar-refractivity contribution is 0.0157. The Hall–Kier alpha value is -0.0400. The van der Waals surface area contributed by atoms with E-state index in [2.05, 4.69) is 6.92 Å². The van der Waals surface area contributed by atoms with Crippen LogP contribution in [0.15, 0.2) is 0 Å². The maximum Gasteiger partial charge on any atom is 0.0543 e. The summed E-state index contributed by atoms with van der Waals surface area (Å²) in [5.41, 5.74) is 0. The molecule has 0 bridgehead atoms. The minimum Gasteiger partial charge on any atom is -0.393 e. The van der Waals surface area contributed by atoms with Gasteiger partial charge < -0.3 is 5.11 Å². The van der Waals surface area contributed by atoms with Crippen molar-refractivity contribution in [1.82, 2.24) is 0 Å². The van der Waals surface area contributed by atoms with Gasteiger partial charge in [0.25, 0.3) is 0 Å². The van der Waals surface area contributed by atoms with Crippen LogP contribution in [0.2, 0.25) is 0 Å². The third kappa shape index (κ3) is 2.75. The molecule has 1 heteroatoms. The zero-order valence-electron chi connectivity index (χ0n) is 10.1. The molecule has 0 amide bonds. The number of hydrogen-bond donors (Lipinski definition) is 1. The highest BCUT2D eigenvalue weighted by atomic mass is 16.3. The first-order valence-corrected chi connectivity index (χ1v) is 6.99. The molecule has 0 aromatic carbocycles. The van der Waals surface area contributed by atoms with Gasteiger partial charge in [0.15, 0.2) is 0 Å². The standard InChI is InChI=1S/C14H26O/c1-2-3-5-11-6-4-7-12-8-9-13(15)10-14(11)12/h11-15H,2-10H2,1H3. The predicted octanol–water partition coefficient (Wildman–Crippen LogP) is 3.75. The van der Waals surface area contributed by atoms with E-state index in [1.54, 1.807) is 0 Å². The molecule has 2 rings (SSSR count). The van der Waals surface area contributed by atoms with Crippen molar-refractivity contribution in [3.8, 4) is 0 Å². The van der Waals surface area contributed by atoms with Gasteiger partial charge in [-0.25, -0.2) is 0 Å². The maximum absolute atomic E-state index is 9.79. The van der Waals surface area contributed by atoms with E-state index >= 15 is 0 Å². The van der Waals surface area contributed by atoms with E-state index in [0.29, 0.717) is 0 Å². The molecule has 2 aliphatic carbocycles. The van der Waals surface area contributed by atoms with Crippen LogP contribution in [0.25, 0.3) is 0 Å². The van der Waals surface area contributed by atoms with Crippen LogP contribution in [-0.2, 0) is 0 Å². The van der Waals surface area contributed by atoms with Crippen molar-refractivity contribution in [3.63, 3.8) is 0 Å². The first kappa shape index (κ1) is 11.4. The van der Waals surface area contributed by atoms with E-state index < -0.39 is 0 Å². The molecule has 15 heavy (non-hydrogen) atoms. The average Bonchev–Trinajstić information content (AvgIpc) is 2.26. The van der Waals surface area contributed by atoms with E-state index in [-0.39, 0.29) is 6.10 Å². The molecule has 0 radical (unpaired) electrons. The summed E-state index contributed by atoms with van der Waals surface area (Å²) in [6, 6.07) is 0. The second-order valence-electron chi connectivity index (χ2n) is 5.72. The highest BCUT2D eigenvalue weighted by Gasteiger charge is 2.36. The van der Waals surface area contributed by atoms with Gasteiger partial charge in [-0.15, -0.1) is 0 Å². The van der Waals surface area contributed by atoms with Crippen LogP contribution >= 0.6 is 0 Å². The largest absolute Gasteiger partial charge is 0.393 e. The van der Waals surface area contributed by atoms with Gasteiger partial charge >= 0.3 is 0 Å². The van der Waals surface area contributed by atoms with Gasteiger partial charge in [-0.3, -0.25) is 0 Å². The van der Waals surface area contributed by atoms with Gasteiger partial charge in [0.05, 0.1) is 6.10 Å². The van der Waals surface area contributed by atoms with Crippen molar-refractivity contribution in [1.29, 1.82) is 0 Å². The lowest BCUT2D eigenvalue weighted by atomic mass is 9.64. The van der Waals surface area contributed by atoms with Crippen molar-refractivity contribution in [2.24, 2.45) is 17.8 Å². The molecule has 0 aliphatic heterocycles. The Bertz CT molecular complexity index is 190. The summed E-state index contributed by atoms with van der Waals surface area (Å²) in [6.07, 6.45) is 12.0. The highest BCUT2D eigenvalue weighted by Crippen LogP contribution is 2.45. The van der Waals surface area contributed by atoms with Crippen LogP contribution in [0.3, 0.4) is 0 Å². The Balaban J connectivity index is 1.91. The summed E-state index contributed by atoms with van der Waals surface area (Å²) in [6.45, 7) is 2.29. The number of aliphatic hydroxyl groups excluding tert-OH is 1. The molecule has 88 valence electrons. The van der Waals surface area contributed by atoms with Gasteiger partial charge in [-0.1, -0.05) is 45.4 Å². The van der Waals surface area contributed by atoms with Gasteiger partial charge in [-0.2, -0.15) is 0 Å². The molecule has 2 aliphatic rings. The van der Waals surface area contributed by atoms with Gasteiger partial charge in [0.2, 0.25) is 0 Å². The van der Waals surface area contributed by atoms with Crippen LogP contribution in [-0.4, -0.2) is 11.2 Å². The number of rotatable bonds is 3. The highest BCUT2D eigenvalue weighted by molar-refractivity contribution is 4.87. The van der Waals surface area contributed by atoms with Crippen LogP contribution in [0.5, 0.6) is 0 Å². The van der Waals surface area contributed by atoms with Crippen LogP contribution in [0, 0.1) is 17.8 Å². The molecule has 0 heterocycles. The molecule has 0 spiro atoms. The number of aliphatic hydroxyl groups is 1. The molecular weight excluding hydrogens is 184 g/mol. The smallest absolute Gasteiger partial charge is 0.0543 e. The minimum atomic E-state index is 0.0217. The molecule has 0 saturated heterocycles. The summed E-state index contributed by atoms with van der Waals surface area (Å²) < 4.78 is 0. The van der Waals surface area contributed by atoms with E-state index in [4.69, 9.17) is 0 Å². The first-order valence-electron chi connectivity index (χ1n) is 6.99. The van der Waals surface area contributed by atoms with Gasteiger partial charge in [0.1, 0.15) is 0 Å². The van der Waals surface area contributed by atoms with E-state index in [1.807, 2.05) is 0 Å². The molecule has 1 N–H and O–H groups in total. The van der Waals surface area contributed by atoms with E-state index in [9.17, 15) is 5.11 Å². The monoisotopic (exact) mass is 210 g/mol. The van der Waals surface area contributed by atoms with E-state index in [1.165, 1.54) is 44.9 Å². The zero-order valence-corrected chi connectivity index (χ0v) is 10.1. The van der Waals surface area contributed by atoms with Crippen LogP contribution < -0.4 is 0 Å². The van der Waals surface area contributed by atoms with Crippen molar-refractivity contribution >= 4 is 0 Å². The second kappa shape index (κ2) is 5.34. The average molecular weight is 210 g/mol. The molecule has 4 unspecified atom stereocenters. The SMILES string of the molecule is CCCCC1CCCC2CCC(O)CC12. The Morgan fingerprint density at radius 1 is 1.13 bits per heavy atom. The Morgan fingerprint density at radius 3 is 2.80 bits per heavy atom. The first-order chi connectivity index (χ1) is 7.31. The van der Waals surface area contributed by atoms with Crippen molar-refractivity contribution < 1.29 is 5.11 Å². The van der Waals surface area contributed by atoms with Crippen LogP contribution in [0.1, 0.15) is 64.7 Å². The topological polar surface area (TPSA) is 20.2 Å². The quantitative estimate of drug-likeness (QED) is 0.752. The van der Waals surface area contributed by atoms with Crippen molar-refractivity contribution in [3.05, 3.63) is 0 Å². The fourth-order valence-corrected chi connectivity index (χ4v) is 3.86. The summed E-state index contributed by atoms with van der Waals surface area (Å²) in [5.74, 6) is 2.77. The maximum atomic E-state index is 9.79. The lowest BCUT2D eigenvalue weighted by Crippen LogP contribution is -2.35. The molecule has 2 fully saturated rings. The van der Waals surface area contributed by atoms with E-state index in [0.717, 1.165) is 30.6 Å². The number of unbranched alkanes of at least 4 members (excludes halogenated alkanes) is 1. The fourth-order valence-electron chi connectivity index (χ4n) is 3.86. The third-order valence-electron chi connectivity index (χ3n) is 4.70. The molecular formula is C14H26O. The van der Waals surface area contributed by atoms with Gasteiger partial charge in [-0.05, 0) is 37.0 Å². The third-order valence-corrected chi connectivity index (χ3v) is 4.70. The number of hydrogen-bond acceptors (Lipinski definition) is 1. The molecule has 0 aromatic heterocycles. The van der Waals surface area contributed by atoms with Crippen LogP contribution in [0.4, 0.5) is 0 Å². The summed E-state index contributed by atoms with van der Waals surface area (Å²) in [5, 5.41) is 9.79. The molecule has 2 saturated carbocycles. The molecule has 4 atom stereocenters. The van der Waals surface area contributed by atoms with Crippen molar-refractivity contribution in [2.45, 2.75) is 70.8 Å². The lowest BCUT2D eigenvalue weighted by Gasteiger charge is -2.43. The Kier molecular flexibility index (Phi) is 4.07. The molecule has 1 nitrogen and oxygen atoms in total. The second-order valence-corrected chi connectivity index (χ2v) is 5.72. The molecule has 0 aromatic rings. The number of fused-ring (bicyclic) bond motifs is 1. The summed E-state index contributed by atoms with van der Waals surface area (Å²) >= 11 is 0. The van der Waals surface area contributed by atoms with Gasteiger partial charge in [0, 0.05) is 0 Å². The summed E-state index contributed by atoms with van der Waals surface area (Å²) in [4.78, 5) is 0.